The quantitative estimate of drug-likeness (QED) is 0.608. The van der Waals surface area contributed by atoms with Gasteiger partial charge in [-0.3, -0.25) is 9.59 Å². The van der Waals surface area contributed by atoms with Crippen LogP contribution in [0.15, 0.2) is 0 Å². The van der Waals surface area contributed by atoms with Crippen molar-refractivity contribution in [3.63, 3.8) is 0 Å². The van der Waals surface area contributed by atoms with Gasteiger partial charge in [0.25, 0.3) is 0 Å². The fourth-order valence-electron chi connectivity index (χ4n) is 2.28. The first-order valence-corrected chi connectivity index (χ1v) is 7.97. The molecule has 1 rings (SSSR count). The summed E-state index contributed by atoms with van der Waals surface area (Å²) in [6.07, 6.45) is 2.73. The summed E-state index contributed by atoms with van der Waals surface area (Å²) in [7, 11) is 0. The van der Waals surface area contributed by atoms with E-state index in [0.29, 0.717) is 12.5 Å². The minimum atomic E-state index is -0.436. The molecule has 0 radical (unpaired) electrons. The number of rotatable bonds is 7. The molecule has 0 spiro atoms. The third-order valence-electron chi connectivity index (χ3n) is 3.85. The summed E-state index contributed by atoms with van der Waals surface area (Å²) in [5, 5.41) is 21.0. The second kappa shape index (κ2) is 11.0. The van der Waals surface area contributed by atoms with Crippen molar-refractivity contribution >= 4 is 11.8 Å². The van der Waals surface area contributed by atoms with Crippen LogP contribution in [0.4, 0.5) is 0 Å². The molecule has 1 aliphatic rings. The molecule has 7 heteroatoms. The Kier molecular flexibility index (Phi) is 10.1. The lowest BCUT2D eigenvalue weighted by Gasteiger charge is -2.25. The highest BCUT2D eigenvalue weighted by atomic mass is 16.2. The van der Waals surface area contributed by atoms with E-state index < -0.39 is 6.04 Å². The first-order valence-electron chi connectivity index (χ1n) is 7.97. The van der Waals surface area contributed by atoms with Crippen LogP contribution in [0.1, 0.15) is 47.0 Å². The molecule has 0 saturated carbocycles. The van der Waals surface area contributed by atoms with Crippen molar-refractivity contribution < 1.29 is 9.59 Å². The van der Waals surface area contributed by atoms with Gasteiger partial charge in [-0.25, -0.2) is 0 Å². The fraction of sp³-hybridized carbons (Fsp3) is 0.867. The highest BCUT2D eigenvalue weighted by Gasteiger charge is 2.29. The summed E-state index contributed by atoms with van der Waals surface area (Å²) in [6, 6.07) is -0.576. The highest BCUT2D eigenvalue weighted by Crippen LogP contribution is 2.11. The second-order valence-corrected chi connectivity index (χ2v) is 6.16. The van der Waals surface area contributed by atoms with Crippen molar-refractivity contribution in [3.05, 3.63) is 0 Å². The lowest BCUT2D eigenvalue weighted by Crippen LogP contribution is -2.54. The van der Waals surface area contributed by atoms with Crippen molar-refractivity contribution in [1.29, 1.82) is 10.8 Å². The molecule has 0 aromatic heterocycles. The maximum atomic E-state index is 12.3. The molecular weight excluding hydrogens is 282 g/mol. The standard InChI is InChI=1S/C15H29N3O2.N2/c1-5-11(4)13(15(20)17-9-10(2)3)18-14(19)12-7-6-8-16-12;1-2/h10-13,16H,5-9H2,1-4H3,(H,17,20)(H,18,19);/t11-,12-,13-;/m0./s1. The van der Waals surface area contributed by atoms with Gasteiger partial charge < -0.3 is 16.0 Å². The minimum absolute atomic E-state index is 0.0486. The molecular formula is C15H29N5O2. The van der Waals surface area contributed by atoms with Gasteiger partial charge in [0, 0.05) is 17.3 Å². The zero-order valence-electron chi connectivity index (χ0n) is 14.1. The van der Waals surface area contributed by atoms with Crippen LogP contribution in [0, 0.1) is 22.6 Å². The van der Waals surface area contributed by atoms with E-state index in [2.05, 4.69) is 29.8 Å². The van der Waals surface area contributed by atoms with Gasteiger partial charge in [-0.1, -0.05) is 34.1 Å². The van der Waals surface area contributed by atoms with E-state index in [9.17, 15) is 9.59 Å². The first-order chi connectivity index (χ1) is 10.5. The van der Waals surface area contributed by atoms with Crippen LogP contribution in [0.25, 0.3) is 0 Å². The van der Waals surface area contributed by atoms with Crippen molar-refractivity contribution in [2.75, 3.05) is 13.1 Å². The number of hydrogen-bond acceptors (Lipinski definition) is 5. The number of carbonyl (C=O) groups excluding carboxylic acids is 2. The van der Waals surface area contributed by atoms with Gasteiger partial charge in [0.15, 0.2) is 0 Å². The van der Waals surface area contributed by atoms with Gasteiger partial charge in [-0.2, -0.15) is 0 Å². The summed E-state index contributed by atoms with van der Waals surface area (Å²) in [5.41, 5.74) is 0. The third-order valence-corrected chi connectivity index (χ3v) is 3.85. The molecule has 2 amide bonds. The maximum Gasteiger partial charge on any atom is 0.242 e. The molecule has 3 atom stereocenters. The number of hydrogen-bond donors (Lipinski definition) is 3. The number of amides is 2. The molecule has 0 aliphatic carbocycles. The number of nitrogens with zero attached hydrogens (tertiary/aromatic N) is 2. The molecule has 7 nitrogen and oxygen atoms in total. The largest absolute Gasteiger partial charge is 0.354 e. The van der Waals surface area contributed by atoms with Crippen LogP contribution in [0.2, 0.25) is 0 Å². The average Bonchev–Trinajstić information content (AvgIpc) is 3.05. The SMILES string of the molecule is CC[C@H](C)[C@H](NC(=O)[C@@H]1CCCN1)C(=O)NCC(C)C.N#N. The van der Waals surface area contributed by atoms with Gasteiger partial charge in [0.1, 0.15) is 6.04 Å². The predicted octanol–water partition coefficient (Wildman–Crippen LogP) is 1.07. The average molecular weight is 311 g/mol. The predicted molar refractivity (Wildman–Crippen MR) is 83.7 cm³/mol. The summed E-state index contributed by atoms with van der Waals surface area (Å²) in [5.74, 6) is 0.420. The van der Waals surface area contributed by atoms with Crippen LogP contribution < -0.4 is 16.0 Å². The Balaban J connectivity index is 0.00000211. The molecule has 1 saturated heterocycles. The van der Waals surface area contributed by atoms with E-state index in [-0.39, 0.29) is 23.8 Å². The molecule has 0 aromatic carbocycles. The van der Waals surface area contributed by atoms with Crippen molar-refractivity contribution in [1.82, 2.24) is 16.0 Å². The Labute approximate surface area is 133 Å². The lowest BCUT2D eigenvalue weighted by atomic mass is 9.97. The van der Waals surface area contributed by atoms with Crippen molar-refractivity contribution in [2.24, 2.45) is 11.8 Å². The summed E-state index contributed by atoms with van der Waals surface area (Å²) in [6.45, 7) is 9.67. The molecule has 3 N–H and O–H groups in total. The van der Waals surface area contributed by atoms with E-state index in [1.807, 2.05) is 13.8 Å². The smallest absolute Gasteiger partial charge is 0.242 e. The van der Waals surface area contributed by atoms with Crippen LogP contribution >= 0.6 is 0 Å². The lowest BCUT2D eigenvalue weighted by molar-refractivity contribution is -0.131. The second-order valence-electron chi connectivity index (χ2n) is 6.16. The van der Waals surface area contributed by atoms with Crippen molar-refractivity contribution in [2.45, 2.75) is 59.0 Å². The van der Waals surface area contributed by atoms with Gasteiger partial charge in [-0.15, -0.1) is 0 Å². The molecule has 1 heterocycles. The maximum absolute atomic E-state index is 12.3. The van der Waals surface area contributed by atoms with E-state index in [1.165, 1.54) is 0 Å². The monoisotopic (exact) mass is 311 g/mol. The molecule has 0 aromatic rings. The molecule has 0 unspecified atom stereocenters. The fourth-order valence-corrected chi connectivity index (χ4v) is 2.28. The molecule has 0 bridgehead atoms. The first kappa shape index (κ1) is 20.3. The zero-order chi connectivity index (χ0) is 17.1. The third kappa shape index (κ3) is 6.85. The molecule has 22 heavy (non-hydrogen) atoms. The topological polar surface area (TPSA) is 118 Å². The van der Waals surface area contributed by atoms with Gasteiger partial charge in [-0.05, 0) is 31.2 Å². The molecule has 1 fully saturated rings. The Hall–Kier alpha value is -1.68. The minimum Gasteiger partial charge on any atom is -0.354 e. The summed E-state index contributed by atoms with van der Waals surface area (Å²) in [4.78, 5) is 24.4. The Bertz CT molecular complexity index is 364. The summed E-state index contributed by atoms with van der Waals surface area (Å²) >= 11 is 0. The van der Waals surface area contributed by atoms with Crippen molar-refractivity contribution in [3.8, 4) is 0 Å². The molecule has 1 aliphatic heterocycles. The normalized spacial score (nSPS) is 19.7. The van der Waals surface area contributed by atoms with Gasteiger partial charge >= 0.3 is 0 Å². The highest BCUT2D eigenvalue weighted by molar-refractivity contribution is 5.90. The Morgan fingerprint density at radius 3 is 2.36 bits per heavy atom. The van der Waals surface area contributed by atoms with Gasteiger partial charge in [0.05, 0.1) is 6.04 Å². The van der Waals surface area contributed by atoms with E-state index in [0.717, 1.165) is 25.8 Å². The van der Waals surface area contributed by atoms with E-state index in [4.69, 9.17) is 10.8 Å². The van der Waals surface area contributed by atoms with E-state index >= 15 is 0 Å². The van der Waals surface area contributed by atoms with Gasteiger partial charge in [0.2, 0.25) is 11.8 Å². The molecule has 126 valence electrons. The van der Waals surface area contributed by atoms with Crippen LogP contribution in [-0.2, 0) is 9.59 Å². The van der Waals surface area contributed by atoms with E-state index in [1.54, 1.807) is 0 Å². The van der Waals surface area contributed by atoms with Crippen LogP contribution in [0.5, 0.6) is 0 Å². The Morgan fingerprint density at radius 1 is 1.27 bits per heavy atom. The van der Waals surface area contributed by atoms with Crippen LogP contribution in [-0.4, -0.2) is 37.0 Å². The van der Waals surface area contributed by atoms with Crippen LogP contribution in [0.3, 0.4) is 0 Å². The number of carbonyl (C=O) groups is 2. The summed E-state index contributed by atoms with van der Waals surface area (Å²) < 4.78 is 0. The number of nitrogens with one attached hydrogen (secondary N) is 3. The zero-order valence-corrected chi connectivity index (χ0v) is 14.1. The Morgan fingerprint density at radius 2 is 1.91 bits per heavy atom.